The summed E-state index contributed by atoms with van der Waals surface area (Å²) in [7, 11) is 3.08. The predicted octanol–water partition coefficient (Wildman–Crippen LogP) is 1.85. The van der Waals surface area contributed by atoms with Gasteiger partial charge in [-0.2, -0.15) is 4.99 Å². The second-order valence-electron chi connectivity index (χ2n) is 4.71. The SMILES string of the molecule is CCCOC(=O)CN(C)C(N)=NC(=O)Nc1cccc(OC)c1.Cl. The summed E-state index contributed by atoms with van der Waals surface area (Å²) >= 11 is 0. The number of likely N-dealkylation sites (N-methyl/N-ethyl adjacent to an activating group) is 1. The van der Waals surface area contributed by atoms with Gasteiger partial charge < -0.3 is 25.4 Å². The van der Waals surface area contributed by atoms with Gasteiger partial charge in [-0.1, -0.05) is 13.0 Å². The highest BCUT2D eigenvalue weighted by Gasteiger charge is 2.11. The number of aliphatic imine (C=N–C) groups is 1. The van der Waals surface area contributed by atoms with E-state index >= 15 is 0 Å². The lowest BCUT2D eigenvalue weighted by Crippen LogP contribution is -2.39. The van der Waals surface area contributed by atoms with Crippen LogP contribution in [0.25, 0.3) is 0 Å². The summed E-state index contributed by atoms with van der Waals surface area (Å²) in [5.41, 5.74) is 6.21. The van der Waals surface area contributed by atoms with Gasteiger partial charge in [-0.15, -0.1) is 12.4 Å². The summed E-state index contributed by atoms with van der Waals surface area (Å²) in [5.74, 6) is 0.0927. The number of esters is 1. The number of nitrogens with zero attached hydrogens (tertiary/aromatic N) is 2. The fraction of sp³-hybridized carbons (Fsp3) is 0.400. The molecule has 8 nitrogen and oxygen atoms in total. The number of carbonyl (C=O) groups excluding carboxylic acids is 2. The third kappa shape index (κ3) is 7.68. The van der Waals surface area contributed by atoms with E-state index in [-0.39, 0.29) is 24.9 Å². The molecule has 134 valence electrons. The summed E-state index contributed by atoms with van der Waals surface area (Å²) in [6.45, 7) is 2.16. The van der Waals surface area contributed by atoms with Crippen LogP contribution in [0.3, 0.4) is 0 Å². The number of methoxy groups -OCH3 is 1. The molecule has 24 heavy (non-hydrogen) atoms. The van der Waals surface area contributed by atoms with E-state index in [1.54, 1.807) is 31.3 Å². The first-order valence-corrected chi connectivity index (χ1v) is 7.12. The second kappa shape index (κ2) is 11.1. The number of carbonyl (C=O) groups is 2. The van der Waals surface area contributed by atoms with E-state index in [1.165, 1.54) is 12.0 Å². The van der Waals surface area contributed by atoms with Crippen molar-refractivity contribution in [2.24, 2.45) is 10.7 Å². The number of nitrogens with two attached hydrogens (primary N) is 1. The van der Waals surface area contributed by atoms with Crippen LogP contribution in [0.1, 0.15) is 13.3 Å². The Morgan fingerprint density at radius 2 is 2.08 bits per heavy atom. The lowest BCUT2D eigenvalue weighted by molar-refractivity contribution is -0.143. The number of rotatable bonds is 6. The van der Waals surface area contributed by atoms with Crippen molar-refractivity contribution in [3.63, 3.8) is 0 Å². The van der Waals surface area contributed by atoms with E-state index in [0.29, 0.717) is 18.0 Å². The molecule has 1 rings (SSSR count). The normalized spacial score (nSPS) is 10.4. The van der Waals surface area contributed by atoms with Crippen molar-refractivity contribution >= 4 is 36.1 Å². The average Bonchev–Trinajstić information content (AvgIpc) is 2.52. The first-order valence-electron chi connectivity index (χ1n) is 7.12. The molecule has 0 fully saturated rings. The van der Waals surface area contributed by atoms with E-state index in [2.05, 4.69) is 10.3 Å². The number of amides is 2. The first kappa shape index (κ1) is 21.5. The van der Waals surface area contributed by atoms with Crippen LogP contribution in [0, 0.1) is 0 Å². The molecule has 0 aliphatic heterocycles. The molecule has 0 radical (unpaired) electrons. The smallest absolute Gasteiger partial charge is 0.348 e. The molecule has 1 aromatic rings. The standard InChI is InChI=1S/C15H22N4O4.ClH/c1-4-8-23-13(20)10-19(2)14(16)18-15(21)17-11-6-5-7-12(9-11)22-3;/h5-7,9H,4,8,10H2,1-3H3,(H3,16,17,18,21);1H. The molecular formula is C15H23ClN4O4. The summed E-state index contributed by atoms with van der Waals surface area (Å²) < 4.78 is 9.99. The highest BCUT2D eigenvalue weighted by molar-refractivity contribution is 5.99. The van der Waals surface area contributed by atoms with Gasteiger partial charge in [0.15, 0.2) is 0 Å². The summed E-state index contributed by atoms with van der Waals surface area (Å²) in [6.07, 6.45) is 0.738. The summed E-state index contributed by atoms with van der Waals surface area (Å²) in [4.78, 5) is 28.3. The zero-order valence-corrected chi connectivity index (χ0v) is 14.8. The Labute approximate surface area is 147 Å². The summed E-state index contributed by atoms with van der Waals surface area (Å²) in [5, 5.41) is 2.56. The fourth-order valence-electron chi connectivity index (χ4n) is 1.58. The molecule has 0 saturated heterocycles. The molecule has 0 spiro atoms. The average molecular weight is 359 g/mol. The topological polar surface area (TPSA) is 106 Å². The van der Waals surface area contributed by atoms with Crippen molar-refractivity contribution in [2.75, 3.05) is 32.6 Å². The minimum Gasteiger partial charge on any atom is -0.497 e. The van der Waals surface area contributed by atoms with Crippen LogP contribution < -0.4 is 15.8 Å². The molecule has 2 amide bonds. The minimum absolute atomic E-state index is 0. The van der Waals surface area contributed by atoms with Gasteiger partial charge in [-0.25, -0.2) is 4.79 Å². The molecule has 0 bridgehead atoms. The molecule has 0 atom stereocenters. The van der Waals surface area contributed by atoms with Crippen LogP contribution in [0.5, 0.6) is 5.75 Å². The third-order valence-electron chi connectivity index (χ3n) is 2.76. The lowest BCUT2D eigenvalue weighted by atomic mass is 10.3. The molecule has 1 aromatic carbocycles. The van der Waals surface area contributed by atoms with Crippen LogP contribution >= 0.6 is 12.4 Å². The maximum Gasteiger partial charge on any atom is 0.348 e. The van der Waals surface area contributed by atoms with Crippen LogP contribution in [0.2, 0.25) is 0 Å². The monoisotopic (exact) mass is 358 g/mol. The van der Waals surface area contributed by atoms with Crippen molar-refractivity contribution < 1.29 is 19.1 Å². The van der Waals surface area contributed by atoms with Crippen molar-refractivity contribution in [1.29, 1.82) is 0 Å². The Kier molecular flexibility index (Phi) is 9.97. The van der Waals surface area contributed by atoms with Gasteiger partial charge in [-0.3, -0.25) is 4.79 Å². The van der Waals surface area contributed by atoms with Crippen LogP contribution in [-0.4, -0.2) is 50.2 Å². The number of nitrogens with one attached hydrogen (secondary N) is 1. The van der Waals surface area contributed by atoms with Gasteiger partial charge in [0, 0.05) is 18.8 Å². The molecular weight excluding hydrogens is 336 g/mol. The van der Waals surface area contributed by atoms with Crippen LogP contribution in [-0.2, 0) is 9.53 Å². The molecule has 0 saturated carbocycles. The van der Waals surface area contributed by atoms with Crippen LogP contribution in [0.15, 0.2) is 29.3 Å². The molecule has 0 aromatic heterocycles. The molecule has 0 unspecified atom stereocenters. The predicted molar refractivity (Wildman–Crippen MR) is 94.8 cm³/mol. The van der Waals surface area contributed by atoms with E-state index in [4.69, 9.17) is 15.2 Å². The van der Waals surface area contributed by atoms with Gasteiger partial charge in [0.2, 0.25) is 5.96 Å². The maximum absolute atomic E-state index is 11.8. The number of ether oxygens (including phenoxy) is 2. The van der Waals surface area contributed by atoms with Gasteiger partial charge >= 0.3 is 12.0 Å². The first-order chi connectivity index (χ1) is 11.0. The van der Waals surface area contributed by atoms with Gasteiger partial charge in [-0.05, 0) is 18.6 Å². The third-order valence-corrected chi connectivity index (χ3v) is 2.76. The number of benzene rings is 1. The van der Waals surface area contributed by atoms with Gasteiger partial charge in [0.05, 0.1) is 13.7 Å². The number of hydrogen-bond acceptors (Lipinski definition) is 4. The van der Waals surface area contributed by atoms with E-state index in [9.17, 15) is 9.59 Å². The highest BCUT2D eigenvalue weighted by Crippen LogP contribution is 2.16. The Balaban J connectivity index is 0.00000529. The molecule has 0 aliphatic rings. The van der Waals surface area contributed by atoms with Crippen molar-refractivity contribution in [2.45, 2.75) is 13.3 Å². The zero-order valence-electron chi connectivity index (χ0n) is 13.9. The Morgan fingerprint density at radius 1 is 1.38 bits per heavy atom. The van der Waals surface area contributed by atoms with Crippen molar-refractivity contribution in [3.05, 3.63) is 24.3 Å². The number of hydrogen-bond donors (Lipinski definition) is 2. The van der Waals surface area contributed by atoms with Gasteiger partial charge in [0.1, 0.15) is 12.3 Å². The number of halogens is 1. The number of guanidine groups is 1. The van der Waals surface area contributed by atoms with Crippen molar-refractivity contribution in [1.82, 2.24) is 4.90 Å². The lowest BCUT2D eigenvalue weighted by Gasteiger charge is -2.16. The second-order valence-corrected chi connectivity index (χ2v) is 4.71. The number of anilines is 1. The Hall–Kier alpha value is -2.48. The molecule has 0 aliphatic carbocycles. The Bertz CT molecular complexity index is 580. The maximum atomic E-state index is 11.8. The largest absolute Gasteiger partial charge is 0.497 e. The summed E-state index contributed by atoms with van der Waals surface area (Å²) in [6, 6.07) is 6.18. The van der Waals surface area contributed by atoms with Crippen molar-refractivity contribution in [3.8, 4) is 5.75 Å². The van der Waals surface area contributed by atoms with E-state index < -0.39 is 12.0 Å². The van der Waals surface area contributed by atoms with Crippen LogP contribution in [0.4, 0.5) is 10.5 Å². The van der Waals surface area contributed by atoms with E-state index in [1.807, 2.05) is 6.92 Å². The highest BCUT2D eigenvalue weighted by atomic mass is 35.5. The van der Waals surface area contributed by atoms with E-state index in [0.717, 1.165) is 6.42 Å². The molecule has 0 heterocycles. The fourth-order valence-corrected chi connectivity index (χ4v) is 1.58. The molecule has 9 heteroatoms. The quantitative estimate of drug-likeness (QED) is 0.456. The van der Waals surface area contributed by atoms with Gasteiger partial charge in [0.25, 0.3) is 0 Å². The molecule has 3 N–H and O–H groups in total. The Morgan fingerprint density at radius 3 is 2.71 bits per heavy atom. The zero-order chi connectivity index (χ0) is 17.2. The minimum atomic E-state index is -0.649. The number of urea groups is 1.